The predicted octanol–water partition coefficient (Wildman–Crippen LogP) is 2.36. The summed E-state index contributed by atoms with van der Waals surface area (Å²) in [5, 5.41) is 21.2. The van der Waals surface area contributed by atoms with E-state index >= 15 is 0 Å². The number of aliphatic hydroxyl groups is 1. The molecule has 0 spiro atoms. The van der Waals surface area contributed by atoms with Crippen LogP contribution in [0.4, 0.5) is 0 Å². The summed E-state index contributed by atoms with van der Waals surface area (Å²) in [5.41, 5.74) is 6.70. The lowest BCUT2D eigenvalue weighted by molar-refractivity contribution is -0.137. The predicted molar refractivity (Wildman–Crippen MR) is 98.9 cm³/mol. The van der Waals surface area contributed by atoms with Crippen LogP contribution in [-0.4, -0.2) is 40.8 Å². The standard InChI is InChI=1S/C18H31N3O3/c1-4-6-7-11-15(9-5-2)13-16(17(23)24)21-18(19)20-12-8-10-14(3)22/h5,8-10,13-14,16,22H,4,6-7,11-12H2,1-3H3,(H,23,24)(H3,19,20,21). The average Bonchev–Trinajstić information content (AvgIpc) is 2.51. The fourth-order valence-corrected chi connectivity index (χ4v) is 2.02. The van der Waals surface area contributed by atoms with Gasteiger partial charge in [-0.1, -0.05) is 44.1 Å². The molecule has 0 saturated heterocycles. The van der Waals surface area contributed by atoms with Crippen molar-refractivity contribution in [2.24, 2.45) is 10.7 Å². The van der Waals surface area contributed by atoms with Crippen molar-refractivity contribution >= 4 is 11.9 Å². The first-order valence-electron chi connectivity index (χ1n) is 8.38. The molecule has 0 aliphatic carbocycles. The molecule has 0 heterocycles. The van der Waals surface area contributed by atoms with Crippen LogP contribution in [0.1, 0.15) is 46.5 Å². The van der Waals surface area contributed by atoms with Gasteiger partial charge in [0.1, 0.15) is 6.04 Å². The molecular weight excluding hydrogens is 306 g/mol. The Morgan fingerprint density at radius 3 is 2.62 bits per heavy atom. The fraction of sp³-hybridized carbons (Fsp3) is 0.556. The van der Waals surface area contributed by atoms with E-state index in [4.69, 9.17) is 10.8 Å². The van der Waals surface area contributed by atoms with E-state index in [2.05, 4.69) is 17.2 Å². The first kappa shape index (κ1) is 21.9. The molecule has 0 aromatic rings. The molecule has 0 rings (SSSR count). The maximum Gasteiger partial charge on any atom is 0.330 e. The molecule has 6 nitrogen and oxygen atoms in total. The molecule has 0 aliphatic heterocycles. The molecule has 24 heavy (non-hydrogen) atoms. The molecule has 136 valence electrons. The number of hydrogen-bond donors (Lipinski definition) is 4. The van der Waals surface area contributed by atoms with E-state index in [-0.39, 0.29) is 12.5 Å². The number of nitrogens with two attached hydrogens (primary N) is 1. The molecule has 0 bridgehead atoms. The van der Waals surface area contributed by atoms with E-state index in [9.17, 15) is 9.90 Å². The van der Waals surface area contributed by atoms with E-state index in [1.165, 1.54) is 0 Å². The number of aliphatic imine (C=N–C) groups is 1. The minimum atomic E-state index is -1.01. The highest BCUT2D eigenvalue weighted by Gasteiger charge is 2.15. The Morgan fingerprint density at radius 1 is 1.38 bits per heavy atom. The van der Waals surface area contributed by atoms with Crippen molar-refractivity contribution in [3.63, 3.8) is 0 Å². The fourth-order valence-electron chi connectivity index (χ4n) is 2.02. The van der Waals surface area contributed by atoms with E-state index in [0.717, 1.165) is 31.3 Å². The maximum atomic E-state index is 11.4. The second-order valence-corrected chi connectivity index (χ2v) is 5.55. The van der Waals surface area contributed by atoms with Gasteiger partial charge in [-0.15, -0.1) is 0 Å². The number of carboxylic acid groups (broad SMARTS) is 1. The Kier molecular flexibility index (Phi) is 12.2. The molecule has 0 radical (unpaired) electrons. The number of rotatable bonds is 11. The highest BCUT2D eigenvalue weighted by atomic mass is 16.4. The van der Waals surface area contributed by atoms with Gasteiger partial charge >= 0.3 is 5.97 Å². The van der Waals surface area contributed by atoms with Crippen LogP contribution in [0.3, 0.4) is 0 Å². The molecule has 0 amide bonds. The molecule has 0 aromatic heterocycles. The smallest absolute Gasteiger partial charge is 0.330 e. The third-order valence-corrected chi connectivity index (χ3v) is 3.18. The average molecular weight is 337 g/mol. The number of aliphatic hydroxyl groups excluding tert-OH is 1. The van der Waals surface area contributed by atoms with E-state index in [1.807, 2.05) is 19.1 Å². The van der Waals surface area contributed by atoms with Crippen LogP contribution in [0, 0.1) is 0 Å². The summed E-state index contributed by atoms with van der Waals surface area (Å²) in [4.78, 5) is 15.5. The molecule has 0 fully saturated rings. The number of allylic oxidation sites excluding steroid dienone is 3. The number of carboxylic acids is 1. The Labute approximate surface area is 144 Å². The van der Waals surface area contributed by atoms with Gasteiger partial charge in [-0.2, -0.15) is 0 Å². The molecule has 0 saturated carbocycles. The highest BCUT2D eigenvalue weighted by Crippen LogP contribution is 2.11. The van der Waals surface area contributed by atoms with Crippen LogP contribution < -0.4 is 11.1 Å². The van der Waals surface area contributed by atoms with Gasteiger partial charge in [0.25, 0.3) is 0 Å². The van der Waals surface area contributed by atoms with Gasteiger partial charge in [0.2, 0.25) is 0 Å². The van der Waals surface area contributed by atoms with E-state index in [0.29, 0.717) is 0 Å². The zero-order valence-electron chi connectivity index (χ0n) is 14.9. The van der Waals surface area contributed by atoms with Gasteiger partial charge in [-0.05, 0) is 38.3 Å². The molecule has 2 atom stereocenters. The summed E-state index contributed by atoms with van der Waals surface area (Å²) in [7, 11) is 0. The SMILES string of the molecule is CC=CC(=CC(NC(N)=NCC=CC(C)O)C(=O)O)CCCCC. The van der Waals surface area contributed by atoms with Crippen molar-refractivity contribution in [2.45, 2.75) is 58.6 Å². The van der Waals surface area contributed by atoms with Crippen molar-refractivity contribution in [1.82, 2.24) is 5.32 Å². The quantitative estimate of drug-likeness (QED) is 0.152. The first-order valence-corrected chi connectivity index (χ1v) is 8.38. The lowest BCUT2D eigenvalue weighted by atomic mass is 10.0. The topological polar surface area (TPSA) is 108 Å². The van der Waals surface area contributed by atoms with Crippen LogP contribution in [0.15, 0.2) is 40.9 Å². The zero-order valence-corrected chi connectivity index (χ0v) is 14.9. The molecule has 0 aromatic carbocycles. The Hall–Kier alpha value is -2.08. The van der Waals surface area contributed by atoms with Crippen molar-refractivity contribution in [3.8, 4) is 0 Å². The van der Waals surface area contributed by atoms with Crippen LogP contribution in [-0.2, 0) is 4.79 Å². The highest BCUT2D eigenvalue weighted by molar-refractivity contribution is 5.86. The Morgan fingerprint density at radius 2 is 2.08 bits per heavy atom. The summed E-state index contributed by atoms with van der Waals surface area (Å²) in [6.45, 7) is 5.94. The Bertz CT molecular complexity index is 480. The molecular formula is C18H31N3O3. The molecule has 6 heteroatoms. The summed E-state index contributed by atoms with van der Waals surface area (Å²) < 4.78 is 0. The van der Waals surface area contributed by atoms with Crippen LogP contribution >= 0.6 is 0 Å². The largest absolute Gasteiger partial charge is 0.479 e. The lowest BCUT2D eigenvalue weighted by Crippen LogP contribution is -2.43. The molecule has 2 unspecified atom stereocenters. The van der Waals surface area contributed by atoms with Crippen molar-refractivity contribution in [2.75, 3.05) is 6.54 Å². The van der Waals surface area contributed by atoms with Crippen LogP contribution in [0.2, 0.25) is 0 Å². The number of nitrogens with zero attached hydrogens (tertiary/aromatic N) is 1. The van der Waals surface area contributed by atoms with Crippen molar-refractivity contribution in [1.29, 1.82) is 0 Å². The number of hydrogen-bond acceptors (Lipinski definition) is 3. The van der Waals surface area contributed by atoms with E-state index < -0.39 is 18.1 Å². The number of aliphatic carboxylic acids is 1. The molecule has 5 N–H and O–H groups in total. The van der Waals surface area contributed by atoms with Gasteiger partial charge in [0.15, 0.2) is 5.96 Å². The normalized spacial score (nSPS) is 15.8. The maximum absolute atomic E-state index is 11.4. The second-order valence-electron chi connectivity index (χ2n) is 5.55. The summed E-state index contributed by atoms with van der Waals surface area (Å²) in [6, 6.07) is -0.928. The zero-order chi connectivity index (χ0) is 18.4. The first-order chi connectivity index (χ1) is 11.4. The van der Waals surface area contributed by atoms with E-state index in [1.54, 1.807) is 25.2 Å². The van der Waals surface area contributed by atoms with Crippen molar-refractivity contribution in [3.05, 3.63) is 36.0 Å². The van der Waals surface area contributed by atoms with Gasteiger partial charge in [0.05, 0.1) is 12.6 Å². The lowest BCUT2D eigenvalue weighted by Gasteiger charge is -2.13. The van der Waals surface area contributed by atoms with Gasteiger partial charge in [-0.3, -0.25) is 0 Å². The number of guanidine groups is 1. The second kappa shape index (κ2) is 13.4. The number of unbranched alkanes of at least 4 members (excludes halogenated alkanes) is 2. The Balaban J connectivity index is 4.89. The monoisotopic (exact) mass is 337 g/mol. The summed E-state index contributed by atoms with van der Waals surface area (Å²) >= 11 is 0. The minimum absolute atomic E-state index is 0.0577. The van der Waals surface area contributed by atoms with Crippen molar-refractivity contribution < 1.29 is 15.0 Å². The summed E-state index contributed by atoms with van der Waals surface area (Å²) in [5.74, 6) is -0.951. The third-order valence-electron chi connectivity index (χ3n) is 3.18. The third kappa shape index (κ3) is 11.5. The van der Waals surface area contributed by atoms with Gasteiger partial charge in [-0.25, -0.2) is 9.79 Å². The van der Waals surface area contributed by atoms with Crippen LogP contribution in [0.5, 0.6) is 0 Å². The van der Waals surface area contributed by atoms with Gasteiger partial charge in [0, 0.05) is 0 Å². The number of nitrogens with one attached hydrogen (secondary N) is 1. The van der Waals surface area contributed by atoms with Crippen LogP contribution in [0.25, 0.3) is 0 Å². The minimum Gasteiger partial charge on any atom is -0.479 e. The summed E-state index contributed by atoms with van der Waals surface area (Å²) in [6.07, 6.45) is 12.3. The number of carbonyl (C=O) groups is 1. The molecule has 0 aliphatic rings. The van der Waals surface area contributed by atoms with Gasteiger partial charge < -0.3 is 21.3 Å².